The van der Waals surface area contributed by atoms with Crippen molar-refractivity contribution in [3.63, 3.8) is 0 Å². The molecular formula is C29H32N4O10S3. The van der Waals surface area contributed by atoms with E-state index in [4.69, 9.17) is 15.2 Å². The number of benzene rings is 2. The minimum absolute atomic E-state index is 0.00846. The van der Waals surface area contributed by atoms with E-state index in [1.165, 1.54) is 62.4 Å². The number of carbonyl (C=O) groups excluding carboxylic acids is 8. The number of thioether (sulfide) groups is 2. The Morgan fingerprint density at radius 1 is 0.696 bits per heavy atom. The zero-order valence-corrected chi connectivity index (χ0v) is 27.4. The fraction of sp³-hybridized carbons (Fsp3) is 0.310. The number of para-hydroxylation sites is 2. The maximum Gasteiger partial charge on any atom is 0.347 e. The molecule has 0 heterocycles. The molecule has 0 aliphatic rings. The molecule has 14 nitrogen and oxygen atoms in total. The lowest BCUT2D eigenvalue weighted by Crippen LogP contribution is -2.45. The lowest BCUT2D eigenvalue weighted by Gasteiger charge is -2.19. The number of hydrogen-bond acceptors (Lipinski definition) is 13. The van der Waals surface area contributed by atoms with Crippen molar-refractivity contribution in [2.24, 2.45) is 5.73 Å². The molecule has 0 saturated heterocycles. The summed E-state index contributed by atoms with van der Waals surface area (Å²) in [7, 11) is 0. The van der Waals surface area contributed by atoms with Crippen LogP contribution in [0.25, 0.3) is 0 Å². The number of nitrogens with two attached hydrogens (primary N) is 1. The zero-order chi connectivity index (χ0) is 34.4. The summed E-state index contributed by atoms with van der Waals surface area (Å²) in [5, 5.41) is 6.11. The van der Waals surface area contributed by atoms with Gasteiger partial charge < -0.3 is 31.2 Å². The van der Waals surface area contributed by atoms with Gasteiger partial charge in [-0.1, -0.05) is 47.8 Å². The van der Waals surface area contributed by atoms with Crippen LogP contribution in [-0.4, -0.2) is 81.2 Å². The van der Waals surface area contributed by atoms with Crippen molar-refractivity contribution in [2.75, 3.05) is 17.3 Å². The molecule has 0 radical (unpaired) electrons. The summed E-state index contributed by atoms with van der Waals surface area (Å²) in [4.78, 5) is 97.9. The van der Waals surface area contributed by atoms with Gasteiger partial charge in [-0.05, 0) is 24.3 Å². The molecule has 2 aromatic rings. The second-order valence-electron chi connectivity index (χ2n) is 9.38. The van der Waals surface area contributed by atoms with Gasteiger partial charge in [0, 0.05) is 38.0 Å². The molecule has 3 unspecified atom stereocenters. The topological polar surface area (TPSA) is 217 Å². The van der Waals surface area contributed by atoms with Crippen LogP contribution in [-0.2, 0) is 28.8 Å². The fourth-order valence-electron chi connectivity index (χ4n) is 3.56. The minimum atomic E-state index is -1.31. The van der Waals surface area contributed by atoms with Crippen LogP contribution in [0.4, 0.5) is 0 Å². The van der Waals surface area contributed by atoms with Crippen molar-refractivity contribution >= 4 is 82.0 Å². The smallest absolute Gasteiger partial charge is 0.347 e. The number of hydrogen-bond donors (Lipinski definition) is 5. The second kappa shape index (κ2) is 18.6. The summed E-state index contributed by atoms with van der Waals surface area (Å²) in [5.41, 5.74) is 5.07. The van der Waals surface area contributed by atoms with Gasteiger partial charge in [-0.25, -0.2) is 9.59 Å². The van der Waals surface area contributed by atoms with Crippen LogP contribution in [0, 0.1) is 0 Å². The van der Waals surface area contributed by atoms with Crippen molar-refractivity contribution in [3.8, 4) is 11.5 Å². The van der Waals surface area contributed by atoms with Crippen molar-refractivity contribution in [3.05, 3.63) is 59.7 Å². The van der Waals surface area contributed by atoms with E-state index in [0.29, 0.717) is 23.5 Å². The normalized spacial score (nSPS) is 12.4. The van der Waals surface area contributed by atoms with E-state index < -0.39 is 63.9 Å². The Labute approximate surface area is 278 Å². The van der Waals surface area contributed by atoms with Crippen LogP contribution < -0.4 is 31.2 Å². The van der Waals surface area contributed by atoms with Gasteiger partial charge in [0.15, 0.2) is 0 Å². The van der Waals surface area contributed by atoms with Gasteiger partial charge >= 0.3 is 11.9 Å². The quantitative estimate of drug-likeness (QED) is 0.0999. The first-order valence-electron chi connectivity index (χ1n) is 13.4. The largest absolute Gasteiger partial charge is 0.424 e. The molecule has 5 N–H and O–H groups in total. The Balaban J connectivity index is 2.20. The van der Waals surface area contributed by atoms with E-state index >= 15 is 0 Å². The molecule has 4 amide bonds. The molecule has 46 heavy (non-hydrogen) atoms. The molecule has 0 aromatic heterocycles. The summed E-state index contributed by atoms with van der Waals surface area (Å²) in [5.74, 6) is -5.14. The van der Waals surface area contributed by atoms with Crippen LogP contribution in [0.2, 0.25) is 0 Å². The Morgan fingerprint density at radius 3 is 1.72 bits per heavy atom. The predicted octanol–water partition coefficient (Wildman–Crippen LogP) is 0.874. The first-order valence-corrected chi connectivity index (χ1v) is 16.0. The third-order valence-electron chi connectivity index (χ3n) is 5.63. The van der Waals surface area contributed by atoms with E-state index in [9.17, 15) is 38.4 Å². The third kappa shape index (κ3) is 12.2. The van der Waals surface area contributed by atoms with Gasteiger partial charge in [0.25, 0.3) is 0 Å². The van der Waals surface area contributed by atoms with Crippen LogP contribution >= 0.6 is 36.2 Å². The first-order chi connectivity index (χ1) is 21.7. The molecule has 0 bridgehead atoms. The van der Waals surface area contributed by atoms with Crippen LogP contribution in [0.1, 0.15) is 41.5 Å². The van der Waals surface area contributed by atoms with Crippen LogP contribution in [0.15, 0.2) is 48.5 Å². The molecule has 0 aliphatic carbocycles. The molecule has 0 saturated carbocycles. The highest BCUT2D eigenvalue weighted by Crippen LogP contribution is 2.27. The molecule has 0 spiro atoms. The van der Waals surface area contributed by atoms with E-state index in [2.05, 4.69) is 28.6 Å². The van der Waals surface area contributed by atoms with Crippen molar-refractivity contribution in [2.45, 2.75) is 38.9 Å². The average molecular weight is 693 g/mol. The molecule has 0 fully saturated rings. The summed E-state index contributed by atoms with van der Waals surface area (Å²) < 4.78 is 10.9. The highest BCUT2D eigenvalue weighted by molar-refractivity contribution is 8.14. The third-order valence-corrected chi connectivity index (χ3v) is 8.04. The molecular weight excluding hydrogens is 661 g/mol. The number of rotatable bonds is 15. The van der Waals surface area contributed by atoms with Gasteiger partial charge in [0.05, 0.1) is 5.56 Å². The molecule has 17 heteroatoms. The van der Waals surface area contributed by atoms with E-state index in [0.717, 1.165) is 6.92 Å². The molecule has 3 atom stereocenters. The van der Waals surface area contributed by atoms with Gasteiger partial charge in [-0.2, -0.15) is 12.6 Å². The van der Waals surface area contributed by atoms with Crippen LogP contribution in [0.3, 0.4) is 0 Å². The summed E-state index contributed by atoms with van der Waals surface area (Å²) in [6.07, 6.45) is 0. The minimum Gasteiger partial charge on any atom is -0.424 e. The Morgan fingerprint density at radius 2 is 1.17 bits per heavy atom. The fourth-order valence-corrected chi connectivity index (χ4v) is 5.73. The van der Waals surface area contributed by atoms with E-state index in [1.54, 1.807) is 0 Å². The van der Waals surface area contributed by atoms with E-state index in [-0.39, 0.29) is 39.9 Å². The molecule has 246 valence electrons. The predicted molar refractivity (Wildman–Crippen MR) is 174 cm³/mol. The molecule has 2 rings (SSSR count). The Hall–Kier alpha value is -4.35. The average Bonchev–Trinajstić information content (AvgIpc) is 2.99. The number of primary amides is 1. The number of amides is 4. The highest BCUT2D eigenvalue weighted by atomic mass is 32.2. The summed E-state index contributed by atoms with van der Waals surface area (Å²) in [6.45, 7) is 3.60. The van der Waals surface area contributed by atoms with Crippen molar-refractivity contribution in [1.82, 2.24) is 16.0 Å². The SMILES string of the molecule is CC(=O)NC(CSC(=O)c1ccccc1OC(=O)c1ccccc1OC(=O)C(CSC(=O)C(CS)NC(C)=O)NC(C)=O)C(N)=O. The highest BCUT2D eigenvalue weighted by Gasteiger charge is 2.28. The van der Waals surface area contributed by atoms with Gasteiger partial charge in [-0.3, -0.25) is 28.8 Å². The van der Waals surface area contributed by atoms with Crippen molar-refractivity contribution in [1.29, 1.82) is 0 Å². The standard InChI is InChI=1S/C29H32N4O10S3/c1-15(34)31-20(12-44)29(41)46-14-22(33-17(3)36)27(39)43-23-10-6-4-8-18(23)26(38)42-24-11-7-5-9-19(24)28(40)45-13-21(25(30)37)32-16(2)35/h4-11,20-22,44H,12-14H2,1-3H3,(H2,30,37)(H,31,34)(H,32,35)(H,33,36). The molecule has 2 aromatic carbocycles. The molecule has 0 aliphatic heterocycles. The number of carbonyl (C=O) groups is 8. The Bertz CT molecular complexity index is 1500. The van der Waals surface area contributed by atoms with E-state index in [1.807, 2.05) is 0 Å². The Kier molecular flexibility index (Phi) is 15.3. The first kappa shape index (κ1) is 37.8. The number of esters is 2. The van der Waals surface area contributed by atoms with Crippen LogP contribution in [0.5, 0.6) is 11.5 Å². The lowest BCUT2D eigenvalue weighted by molar-refractivity contribution is -0.138. The monoisotopic (exact) mass is 692 g/mol. The maximum absolute atomic E-state index is 13.2. The van der Waals surface area contributed by atoms with Gasteiger partial charge in [0.2, 0.25) is 33.9 Å². The second-order valence-corrected chi connectivity index (χ2v) is 11.8. The summed E-state index contributed by atoms with van der Waals surface area (Å²) in [6, 6.07) is 8.03. The van der Waals surface area contributed by atoms with Crippen molar-refractivity contribution < 1.29 is 47.8 Å². The van der Waals surface area contributed by atoms with Gasteiger partial charge in [0.1, 0.15) is 35.2 Å². The summed E-state index contributed by atoms with van der Waals surface area (Å²) >= 11 is 5.41. The zero-order valence-electron chi connectivity index (χ0n) is 24.9. The number of ether oxygens (including phenoxy) is 2. The van der Waals surface area contributed by atoms with Gasteiger partial charge in [-0.15, -0.1) is 0 Å². The number of nitrogens with one attached hydrogen (secondary N) is 3. The maximum atomic E-state index is 13.2. The number of thiol groups is 1. The lowest BCUT2D eigenvalue weighted by atomic mass is 10.2.